The Bertz CT molecular complexity index is 836. The van der Waals surface area contributed by atoms with Crippen LogP contribution in [0.4, 0.5) is 10.1 Å². The first kappa shape index (κ1) is 19.5. The molecule has 1 aromatic carbocycles. The van der Waals surface area contributed by atoms with E-state index in [1.165, 1.54) is 18.2 Å². The SMILES string of the molecule is Cc1csc(CCCCNC(=O)c2cc(F)ccc2NC(=O)C2CC2C)n1. The summed E-state index contributed by atoms with van der Waals surface area (Å²) in [5, 5.41) is 8.70. The van der Waals surface area contributed by atoms with Gasteiger partial charge in [0, 0.05) is 23.5 Å². The molecule has 144 valence electrons. The number of amides is 2. The second-order valence-electron chi connectivity index (χ2n) is 7.09. The van der Waals surface area contributed by atoms with Crippen LogP contribution in [0.25, 0.3) is 0 Å². The topological polar surface area (TPSA) is 71.1 Å². The summed E-state index contributed by atoms with van der Waals surface area (Å²) in [6.07, 6.45) is 3.46. The summed E-state index contributed by atoms with van der Waals surface area (Å²) < 4.78 is 13.6. The number of benzene rings is 1. The minimum atomic E-state index is -0.503. The van der Waals surface area contributed by atoms with Gasteiger partial charge in [0.25, 0.3) is 5.91 Å². The molecule has 2 aromatic rings. The lowest BCUT2D eigenvalue weighted by Gasteiger charge is -2.12. The Hall–Kier alpha value is -2.28. The summed E-state index contributed by atoms with van der Waals surface area (Å²) in [5.74, 6) is -0.637. The van der Waals surface area contributed by atoms with E-state index in [0.29, 0.717) is 18.2 Å². The highest BCUT2D eigenvalue weighted by atomic mass is 32.1. The van der Waals surface area contributed by atoms with Gasteiger partial charge in [-0.2, -0.15) is 0 Å². The van der Waals surface area contributed by atoms with Crippen LogP contribution < -0.4 is 10.6 Å². The number of aromatic nitrogens is 1. The first-order chi connectivity index (χ1) is 12.9. The predicted octanol–water partition coefficient (Wildman–Crippen LogP) is 3.94. The van der Waals surface area contributed by atoms with Gasteiger partial charge in [0.15, 0.2) is 0 Å². The number of carbonyl (C=O) groups excluding carboxylic acids is 2. The van der Waals surface area contributed by atoms with E-state index in [4.69, 9.17) is 0 Å². The van der Waals surface area contributed by atoms with Crippen molar-refractivity contribution in [3.05, 3.63) is 45.7 Å². The minimum absolute atomic E-state index is 0.0135. The molecular weight excluding hydrogens is 365 g/mol. The second kappa shape index (κ2) is 8.61. The third-order valence-electron chi connectivity index (χ3n) is 4.70. The van der Waals surface area contributed by atoms with Gasteiger partial charge in [0.1, 0.15) is 5.82 Å². The van der Waals surface area contributed by atoms with Crippen molar-refractivity contribution in [3.8, 4) is 0 Å². The van der Waals surface area contributed by atoms with Crippen molar-refractivity contribution < 1.29 is 14.0 Å². The molecule has 1 fully saturated rings. The molecule has 7 heteroatoms. The van der Waals surface area contributed by atoms with Crippen molar-refractivity contribution in [1.29, 1.82) is 0 Å². The fraction of sp³-hybridized carbons (Fsp3) is 0.450. The number of rotatable bonds is 8. The predicted molar refractivity (Wildman–Crippen MR) is 104 cm³/mol. The number of anilines is 1. The zero-order valence-electron chi connectivity index (χ0n) is 15.5. The largest absolute Gasteiger partial charge is 0.352 e. The third kappa shape index (κ3) is 5.35. The molecule has 2 amide bonds. The number of halogens is 1. The fourth-order valence-electron chi connectivity index (χ4n) is 2.94. The van der Waals surface area contributed by atoms with Crippen LogP contribution in [0.3, 0.4) is 0 Å². The summed E-state index contributed by atoms with van der Waals surface area (Å²) in [7, 11) is 0. The molecule has 0 saturated heterocycles. The molecule has 1 aliphatic carbocycles. The van der Waals surface area contributed by atoms with Gasteiger partial charge in [-0.1, -0.05) is 6.92 Å². The van der Waals surface area contributed by atoms with E-state index in [2.05, 4.69) is 15.6 Å². The highest BCUT2D eigenvalue weighted by molar-refractivity contribution is 7.09. The number of hydrogen-bond donors (Lipinski definition) is 2. The number of hydrogen-bond acceptors (Lipinski definition) is 4. The molecule has 0 aliphatic heterocycles. The monoisotopic (exact) mass is 389 g/mol. The van der Waals surface area contributed by atoms with Crippen LogP contribution in [-0.4, -0.2) is 23.3 Å². The van der Waals surface area contributed by atoms with Crippen LogP contribution in [0.1, 0.15) is 47.2 Å². The molecule has 0 spiro atoms. The Morgan fingerprint density at radius 3 is 2.78 bits per heavy atom. The number of aryl methyl sites for hydroxylation is 2. The number of unbranched alkanes of at least 4 members (excludes halogenated alkanes) is 1. The van der Waals surface area contributed by atoms with Crippen molar-refractivity contribution in [2.45, 2.75) is 39.5 Å². The quantitative estimate of drug-likeness (QED) is 0.672. The molecule has 3 rings (SSSR count). The zero-order chi connectivity index (χ0) is 19.4. The van der Waals surface area contributed by atoms with Crippen LogP contribution in [0.15, 0.2) is 23.6 Å². The number of carbonyl (C=O) groups is 2. The molecule has 1 aromatic heterocycles. The van der Waals surface area contributed by atoms with Gasteiger partial charge in [-0.15, -0.1) is 11.3 Å². The smallest absolute Gasteiger partial charge is 0.253 e. The summed E-state index contributed by atoms with van der Waals surface area (Å²) in [4.78, 5) is 29.0. The van der Waals surface area contributed by atoms with E-state index in [1.54, 1.807) is 11.3 Å². The van der Waals surface area contributed by atoms with Crippen LogP contribution in [0.5, 0.6) is 0 Å². The third-order valence-corrected chi connectivity index (χ3v) is 5.73. The van der Waals surface area contributed by atoms with E-state index in [-0.39, 0.29) is 23.3 Å². The first-order valence-electron chi connectivity index (χ1n) is 9.23. The molecule has 2 atom stereocenters. The van der Waals surface area contributed by atoms with E-state index in [0.717, 1.165) is 36.4 Å². The minimum Gasteiger partial charge on any atom is -0.352 e. The Balaban J connectivity index is 1.50. The number of thiazole rings is 1. The van der Waals surface area contributed by atoms with Crippen molar-refractivity contribution >= 4 is 28.8 Å². The van der Waals surface area contributed by atoms with Gasteiger partial charge in [0.05, 0.1) is 16.3 Å². The Kier molecular flexibility index (Phi) is 6.21. The average molecular weight is 389 g/mol. The van der Waals surface area contributed by atoms with Gasteiger partial charge in [-0.05, 0) is 56.7 Å². The molecule has 1 saturated carbocycles. The fourth-order valence-corrected chi connectivity index (χ4v) is 3.76. The molecule has 0 radical (unpaired) electrons. The van der Waals surface area contributed by atoms with Gasteiger partial charge in [-0.3, -0.25) is 9.59 Å². The summed E-state index contributed by atoms with van der Waals surface area (Å²) in [6, 6.07) is 3.86. The van der Waals surface area contributed by atoms with Gasteiger partial charge in [0.2, 0.25) is 5.91 Å². The number of nitrogens with zero attached hydrogens (tertiary/aromatic N) is 1. The summed E-state index contributed by atoms with van der Waals surface area (Å²) in [5.41, 5.74) is 1.55. The van der Waals surface area contributed by atoms with Crippen LogP contribution in [0, 0.1) is 24.6 Å². The summed E-state index contributed by atoms with van der Waals surface area (Å²) in [6.45, 7) is 4.47. The maximum Gasteiger partial charge on any atom is 0.253 e. The van der Waals surface area contributed by atoms with Gasteiger partial charge >= 0.3 is 0 Å². The highest BCUT2D eigenvalue weighted by Crippen LogP contribution is 2.38. The van der Waals surface area contributed by atoms with Gasteiger partial charge in [-0.25, -0.2) is 9.37 Å². The standard InChI is InChI=1S/C20H24FN3O2S/c1-12-9-15(12)20(26)24-17-7-6-14(21)10-16(17)19(25)22-8-4-3-5-18-23-13(2)11-27-18/h6-7,10-12,15H,3-5,8-9H2,1-2H3,(H,22,25)(H,24,26). The molecular formula is C20H24FN3O2S. The second-order valence-corrected chi connectivity index (χ2v) is 8.04. The summed E-state index contributed by atoms with van der Waals surface area (Å²) >= 11 is 1.65. The van der Waals surface area contributed by atoms with Gasteiger partial charge < -0.3 is 10.6 Å². The maximum absolute atomic E-state index is 13.6. The van der Waals surface area contributed by atoms with E-state index < -0.39 is 5.82 Å². The normalized spacial score (nSPS) is 18.2. The zero-order valence-corrected chi connectivity index (χ0v) is 16.4. The molecule has 2 N–H and O–H groups in total. The molecule has 1 heterocycles. The van der Waals surface area contributed by atoms with Crippen LogP contribution >= 0.6 is 11.3 Å². The van der Waals surface area contributed by atoms with E-state index in [1.807, 2.05) is 19.2 Å². The van der Waals surface area contributed by atoms with E-state index >= 15 is 0 Å². The maximum atomic E-state index is 13.6. The van der Waals surface area contributed by atoms with Crippen molar-refractivity contribution in [2.75, 3.05) is 11.9 Å². The Morgan fingerprint density at radius 1 is 1.33 bits per heavy atom. The van der Waals surface area contributed by atoms with E-state index in [9.17, 15) is 14.0 Å². The molecule has 0 bridgehead atoms. The van der Waals surface area contributed by atoms with Crippen LogP contribution in [0.2, 0.25) is 0 Å². The average Bonchev–Trinajstić information content (AvgIpc) is 3.23. The Morgan fingerprint density at radius 2 is 2.11 bits per heavy atom. The molecule has 1 aliphatic rings. The van der Waals surface area contributed by atoms with Crippen LogP contribution in [-0.2, 0) is 11.2 Å². The Labute approximate surface area is 162 Å². The lowest BCUT2D eigenvalue weighted by molar-refractivity contribution is -0.117. The molecule has 2 unspecified atom stereocenters. The highest BCUT2D eigenvalue weighted by Gasteiger charge is 2.39. The van der Waals surface area contributed by atoms with Crippen molar-refractivity contribution in [1.82, 2.24) is 10.3 Å². The first-order valence-corrected chi connectivity index (χ1v) is 10.1. The van der Waals surface area contributed by atoms with Crippen molar-refractivity contribution in [2.24, 2.45) is 11.8 Å². The lowest BCUT2D eigenvalue weighted by Crippen LogP contribution is -2.26. The lowest BCUT2D eigenvalue weighted by atomic mass is 10.1. The van der Waals surface area contributed by atoms with Crippen molar-refractivity contribution in [3.63, 3.8) is 0 Å². The number of nitrogens with one attached hydrogen (secondary N) is 2. The molecule has 5 nitrogen and oxygen atoms in total. The molecule has 27 heavy (non-hydrogen) atoms.